The molecule has 0 aliphatic heterocycles. The zero-order chi connectivity index (χ0) is 13.9. The van der Waals surface area contributed by atoms with Gasteiger partial charge in [-0.05, 0) is 49.4 Å². The molecule has 1 fully saturated rings. The quantitative estimate of drug-likeness (QED) is 0.906. The minimum absolute atomic E-state index is 0.154. The van der Waals surface area contributed by atoms with Gasteiger partial charge in [-0.3, -0.25) is 9.88 Å². The van der Waals surface area contributed by atoms with E-state index >= 15 is 0 Å². The topological polar surface area (TPSA) is 42.1 Å². The third-order valence-electron chi connectivity index (χ3n) is 4.99. The Labute approximate surface area is 117 Å². The summed E-state index contributed by atoms with van der Waals surface area (Å²) in [5.41, 5.74) is 7.66. The summed E-state index contributed by atoms with van der Waals surface area (Å²) in [7, 11) is 2.22. The van der Waals surface area contributed by atoms with Gasteiger partial charge in [-0.2, -0.15) is 0 Å². The molecule has 1 aliphatic carbocycles. The van der Waals surface area contributed by atoms with Gasteiger partial charge in [0, 0.05) is 31.0 Å². The molecule has 0 aromatic carbocycles. The van der Waals surface area contributed by atoms with E-state index in [1.165, 1.54) is 24.8 Å². The molecular formula is C16H27N3. The fraction of sp³-hybridized carbons (Fsp3) is 0.688. The average Bonchev–Trinajstić information content (AvgIpc) is 2.42. The zero-order valence-corrected chi connectivity index (χ0v) is 12.5. The molecule has 0 bridgehead atoms. The van der Waals surface area contributed by atoms with Crippen molar-refractivity contribution < 1.29 is 0 Å². The highest BCUT2D eigenvalue weighted by Crippen LogP contribution is 2.40. The smallest absolute Gasteiger partial charge is 0.0360 e. The molecule has 3 unspecified atom stereocenters. The number of hydrogen-bond donors (Lipinski definition) is 1. The van der Waals surface area contributed by atoms with Gasteiger partial charge in [0.1, 0.15) is 0 Å². The number of aromatic nitrogens is 1. The summed E-state index contributed by atoms with van der Waals surface area (Å²) in [5.74, 6) is 1.44. The molecule has 1 aromatic heterocycles. The molecule has 1 aliphatic rings. The Morgan fingerprint density at radius 2 is 2.00 bits per heavy atom. The molecule has 0 spiro atoms. The molecule has 106 valence electrons. The van der Waals surface area contributed by atoms with Gasteiger partial charge in [0.25, 0.3) is 0 Å². The fourth-order valence-corrected chi connectivity index (χ4v) is 3.60. The van der Waals surface area contributed by atoms with Crippen LogP contribution in [0.15, 0.2) is 24.5 Å². The van der Waals surface area contributed by atoms with Crippen LogP contribution in [-0.2, 0) is 6.54 Å². The molecule has 3 heteroatoms. The standard InChI is InChI=1S/C16H27N3/c1-13-4-5-14(2)16(10-13,12-17)19(3)11-15-6-8-18-9-7-15/h6-9,13-14H,4-5,10-12,17H2,1-3H3. The molecule has 2 rings (SSSR count). The Morgan fingerprint density at radius 3 is 2.63 bits per heavy atom. The Balaban J connectivity index is 2.15. The summed E-state index contributed by atoms with van der Waals surface area (Å²) < 4.78 is 0. The van der Waals surface area contributed by atoms with Crippen molar-refractivity contribution >= 4 is 0 Å². The maximum Gasteiger partial charge on any atom is 0.0360 e. The van der Waals surface area contributed by atoms with E-state index in [1.54, 1.807) is 0 Å². The number of rotatable bonds is 4. The van der Waals surface area contributed by atoms with Crippen LogP contribution in [0.25, 0.3) is 0 Å². The Hall–Kier alpha value is -0.930. The number of hydrogen-bond acceptors (Lipinski definition) is 3. The van der Waals surface area contributed by atoms with Crippen LogP contribution in [0.3, 0.4) is 0 Å². The summed E-state index contributed by atoms with van der Waals surface area (Å²) in [6.45, 7) is 6.43. The lowest BCUT2D eigenvalue weighted by Gasteiger charge is -2.50. The number of pyridine rings is 1. The lowest BCUT2D eigenvalue weighted by molar-refractivity contribution is 0.00903. The molecular weight excluding hydrogens is 234 g/mol. The first kappa shape index (κ1) is 14.5. The third kappa shape index (κ3) is 2.98. The summed E-state index contributed by atoms with van der Waals surface area (Å²) in [4.78, 5) is 6.56. The van der Waals surface area contributed by atoms with E-state index in [2.05, 4.69) is 42.9 Å². The second-order valence-corrected chi connectivity index (χ2v) is 6.31. The van der Waals surface area contributed by atoms with Crippen molar-refractivity contribution in [2.24, 2.45) is 17.6 Å². The minimum Gasteiger partial charge on any atom is -0.329 e. The van der Waals surface area contributed by atoms with Crippen LogP contribution in [0.2, 0.25) is 0 Å². The number of likely N-dealkylation sites (N-methyl/N-ethyl adjacent to an activating group) is 1. The lowest BCUT2D eigenvalue weighted by Crippen LogP contribution is -2.58. The molecule has 3 nitrogen and oxygen atoms in total. The monoisotopic (exact) mass is 261 g/mol. The van der Waals surface area contributed by atoms with Crippen molar-refractivity contribution in [3.05, 3.63) is 30.1 Å². The van der Waals surface area contributed by atoms with Gasteiger partial charge in [-0.15, -0.1) is 0 Å². The van der Waals surface area contributed by atoms with E-state index in [4.69, 9.17) is 5.73 Å². The fourth-order valence-electron chi connectivity index (χ4n) is 3.60. The van der Waals surface area contributed by atoms with Gasteiger partial charge in [0.05, 0.1) is 0 Å². The van der Waals surface area contributed by atoms with Gasteiger partial charge in [0.15, 0.2) is 0 Å². The van der Waals surface area contributed by atoms with Gasteiger partial charge in [-0.1, -0.05) is 20.3 Å². The molecule has 0 saturated heterocycles. The van der Waals surface area contributed by atoms with E-state index in [9.17, 15) is 0 Å². The molecule has 0 radical (unpaired) electrons. The first-order valence-corrected chi connectivity index (χ1v) is 7.38. The summed E-state index contributed by atoms with van der Waals surface area (Å²) in [6.07, 6.45) is 7.58. The average molecular weight is 261 g/mol. The van der Waals surface area contributed by atoms with Gasteiger partial charge in [0.2, 0.25) is 0 Å². The highest BCUT2D eigenvalue weighted by atomic mass is 15.2. The predicted molar refractivity (Wildman–Crippen MR) is 79.7 cm³/mol. The van der Waals surface area contributed by atoms with Crippen LogP contribution in [0, 0.1) is 11.8 Å². The Bertz CT molecular complexity index is 392. The normalized spacial score (nSPS) is 31.6. The molecule has 1 heterocycles. The molecule has 0 amide bonds. The molecule has 19 heavy (non-hydrogen) atoms. The minimum atomic E-state index is 0.154. The van der Waals surface area contributed by atoms with Crippen molar-refractivity contribution in [2.45, 2.75) is 45.2 Å². The second-order valence-electron chi connectivity index (χ2n) is 6.31. The van der Waals surface area contributed by atoms with Crippen molar-refractivity contribution in [2.75, 3.05) is 13.6 Å². The lowest BCUT2D eigenvalue weighted by atomic mass is 9.68. The van der Waals surface area contributed by atoms with Gasteiger partial charge < -0.3 is 5.73 Å². The first-order chi connectivity index (χ1) is 9.08. The van der Waals surface area contributed by atoms with Crippen molar-refractivity contribution in [3.63, 3.8) is 0 Å². The van der Waals surface area contributed by atoms with Crippen LogP contribution < -0.4 is 5.73 Å². The highest BCUT2D eigenvalue weighted by Gasteiger charge is 2.42. The van der Waals surface area contributed by atoms with E-state index in [1.807, 2.05) is 12.4 Å². The van der Waals surface area contributed by atoms with Gasteiger partial charge >= 0.3 is 0 Å². The molecule has 2 N–H and O–H groups in total. The van der Waals surface area contributed by atoms with Gasteiger partial charge in [-0.25, -0.2) is 0 Å². The maximum absolute atomic E-state index is 6.19. The molecule has 3 atom stereocenters. The summed E-state index contributed by atoms with van der Waals surface area (Å²) in [5, 5.41) is 0. The van der Waals surface area contributed by atoms with E-state index in [-0.39, 0.29) is 5.54 Å². The predicted octanol–water partition coefficient (Wildman–Crippen LogP) is 2.67. The van der Waals surface area contributed by atoms with Crippen LogP contribution >= 0.6 is 0 Å². The Morgan fingerprint density at radius 1 is 1.32 bits per heavy atom. The second kappa shape index (κ2) is 6.02. The Kier molecular flexibility index (Phi) is 4.58. The molecule has 1 saturated carbocycles. The SMILES string of the molecule is CC1CCC(C)C(CN)(N(C)Cc2ccncc2)C1. The van der Waals surface area contributed by atoms with Crippen LogP contribution in [0.4, 0.5) is 0 Å². The van der Waals surface area contributed by atoms with Crippen molar-refractivity contribution in [1.29, 1.82) is 0 Å². The summed E-state index contributed by atoms with van der Waals surface area (Å²) >= 11 is 0. The number of nitrogens with two attached hydrogens (primary N) is 1. The number of nitrogens with zero attached hydrogens (tertiary/aromatic N) is 2. The zero-order valence-electron chi connectivity index (χ0n) is 12.5. The van der Waals surface area contributed by atoms with Crippen LogP contribution in [0.5, 0.6) is 0 Å². The highest BCUT2D eigenvalue weighted by molar-refractivity contribution is 5.11. The first-order valence-electron chi connectivity index (χ1n) is 7.38. The van der Waals surface area contributed by atoms with E-state index < -0.39 is 0 Å². The largest absolute Gasteiger partial charge is 0.329 e. The van der Waals surface area contributed by atoms with Crippen LogP contribution in [-0.4, -0.2) is 29.0 Å². The van der Waals surface area contributed by atoms with E-state index in [0.29, 0.717) is 5.92 Å². The van der Waals surface area contributed by atoms with Crippen molar-refractivity contribution in [3.8, 4) is 0 Å². The molecule has 1 aromatic rings. The summed E-state index contributed by atoms with van der Waals surface area (Å²) in [6, 6.07) is 4.19. The maximum atomic E-state index is 6.19. The van der Waals surface area contributed by atoms with E-state index in [0.717, 1.165) is 19.0 Å². The van der Waals surface area contributed by atoms with Crippen LogP contribution in [0.1, 0.15) is 38.7 Å². The van der Waals surface area contributed by atoms with Crippen molar-refractivity contribution in [1.82, 2.24) is 9.88 Å². The third-order valence-corrected chi connectivity index (χ3v) is 4.99.